The van der Waals surface area contributed by atoms with Gasteiger partial charge in [0, 0.05) is 18.1 Å². The number of nitro groups is 2. The third-order valence-electron chi connectivity index (χ3n) is 7.35. The van der Waals surface area contributed by atoms with Crippen molar-refractivity contribution in [2.45, 2.75) is 39.2 Å². The first-order chi connectivity index (χ1) is 20.3. The fourth-order valence-corrected chi connectivity index (χ4v) is 5.52. The lowest BCUT2D eigenvalue weighted by atomic mass is 9.77. The quantitative estimate of drug-likeness (QED) is 0.205. The van der Waals surface area contributed by atoms with Crippen molar-refractivity contribution in [1.82, 2.24) is 5.01 Å². The number of nitrogens with zero attached hydrogens (tertiary/aromatic N) is 4. The Bertz CT molecular complexity index is 1530. The van der Waals surface area contributed by atoms with Gasteiger partial charge in [0.1, 0.15) is 11.5 Å². The van der Waals surface area contributed by atoms with E-state index in [-0.39, 0.29) is 11.5 Å². The molecule has 0 saturated heterocycles. The Hall–Kier alpha value is -5.06. The summed E-state index contributed by atoms with van der Waals surface area (Å²) >= 11 is 0. The van der Waals surface area contributed by atoms with E-state index in [0.717, 1.165) is 65.6 Å². The van der Waals surface area contributed by atoms with Crippen molar-refractivity contribution in [1.29, 1.82) is 0 Å². The summed E-state index contributed by atoms with van der Waals surface area (Å²) in [5.74, 6) is 0.677. The second kappa shape index (κ2) is 12.2. The van der Waals surface area contributed by atoms with Crippen LogP contribution < -0.4 is 9.47 Å². The van der Waals surface area contributed by atoms with Crippen LogP contribution in [0.1, 0.15) is 60.6 Å². The summed E-state index contributed by atoms with van der Waals surface area (Å²) in [6, 6.07) is 17.6. The van der Waals surface area contributed by atoms with Gasteiger partial charge in [0.25, 0.3) is 17.3 Å². The van der Waals surface area contributed by atoms with Crippen molar-refractivity contribution >= 4 is 29.1 Å². The molecule has 1 amide bonds. The molecule has 216 valence electrons. The van der Waals surface area contributed by atoms with Crippen molar-refractivity contribution in [3.63, 3.8) is 0 Å². The van der Waals surface area contributed by atoms with Crippen molar-refractivity contribution < 1.29 is 24.1 Å². The molecule has 0 bridgehead atoms. The van der Waals surface area contributed by atoms with Gasteiger partial charge in [-0.3, -0.25) is 25.0 Å². The van der Waals surface area contributed by atoms with Crippen LogP contribution in [0.15, 0.2) is 77.4 Å². The van der Waals surface area contributed by atoms with Crippen LogP contribution in [0.3, 0.4) is 0 Å². The van der Waals surface area contributed by atoms with Gasteiger partial charge < -0.3 is 9.47 Å². The van der Waals surface area contributed by atoms with Crippen LogP contribution in [0, 0.1) is 26.1 Å². The molecule has 0 aromatic heterocycles. The summed E-state index contributed by atoms with van der Waals surface area (Å²) in [5.41, 5.74) is 2.29. The zero-order chi connectivity index (χ0) is 29.8. The zero-order valence-corrected chi connectivity index (χ0v) is 23.3. The maximum Gasteiger partial charge on any atom is 0.277 e. The summed E-state index contributed by atoms with van der Waals surface area (Å²) in [6.07, 6.45) is 4.48. The van der Waals surface area contributed by atoms with Gasteiger partial charge in [-0.25, -0.2) is 5.01 Å². The number of nitro benzene ring substituents is 2. The van der Waals surface area contributed by atoms with Crippen LogP contribution in [0.4, 0.5) is 11.4 Å². The molecule has 1 aliphatic carbocycles. The van der Waals surface area contributed by atoms with Crippen LogP contribution in [-0.2, 0) is 0 Å². The van der Waals surface area contributed by atoms with Gasteiger partial charge in [-0.15, -0.1) is 0 Å². The molecule has 0 N–H and O–H groups in total. The number of carbonyl (C=O) groups is 1. The van der Waals surface area contributed by atoms with Crippen LogP contribution in [0.5, 0.6) is 11.5 Å². The Morgan fingerprint density at radius 3 is 2.05 bits per heavy atom. The first-order valence-corrected chi connectivity index (χ1v) is 13.8. The van der Waals surface area contributed by atoms with E-state index < -0.39 is 33.2 Å². The number of amides is 1. The van der Waals surface area contributed by atoms with Crippen LogP contribution in [-0.4, -0.2) is 39.7 Å². The number of fused-ring (bicyclic) bond motifs is 1. The molecule has 0 radical (unpaired) electrons. The van der Waals surface area contributed by atoms with E-state index in [9.17, 15) is 25.0 Å². The molecule has 2 aliphatic rings. The van der Waals surface area contributed by atoms with Gasteiger partial charge in [-0.1, -0.05) is 24.3 Å². The number of hydrogen-bond donors (Lipinski definition) is 0. The zero-order valence-electron chi connectivity index (χ0n) is 23.3. The summed E-state index contributed by atoms with van der Waals surface area (Å²) in [6.45, 7) is 4.90. The molecule has 1 fully saturated rings. The largest absolute Gasteiger partial charge is 0.494 e. The predicted molar refractivity (Wildman–Crippen MR) is 157 cm³/mol. The molecule has 11 heteroatoms. The number of allylic oxidation sites excluding steroid dienone is 1. The molecule has 0 spiro atoms. The first-order valence-electron chi connectivity index (χ1n) is 13.8. The number of rotatable bonds is 9. The van der Waals surface area contributed by atoms with Crippen LogP contribution in [0.25, 0.3) is 6.08 Å². The Kier molecular flexibility index (Phi) is 8.28. The maximum absolute atomic E-state index is 14.0. The average molecular weight is 571 g/mol. The lowest BCUT2D eigenvalue weighted by molar-refractivity contribution is -0.394. The fourth-order valence-electron chi connectivity index (χ4n) is 5.52. The maximum atomic E-state index is 14.0. The Labute approximate surface area is 242 Å². The summed E-state index contributed by atoms with van der Waals surface area (Å²) in [4.78, 5) is 35.5. The number of ether oxygens (including phenoxy) is 2. The number of non-ortho nitro benzene ring substituents is 2. The minimum Gasteiger partial charge on any atom is -0.494 e. The van der Waals surface area contributed by atoms with Crippen LogP contribution >= 0.6 is 0 Å². The Morgan fingerprint density at radius 1 is 0.929 bits per heavy atom. The van der Waals surface area contributed by atoms with Crippen molar-refractivity contribution in [3.8, 4) is 11.5 Å². The third kappa shape index (κ3) is 5.85. The minimum atomic E-state index is -0.749. The van der Waals surface area contributed by atoms with E-state index in [0.29, 0.717) is 19.0 Å². The van der Waals surface area contributed by atoms with Gasteiger partial charge in [-0.2, -0.15) is 5.10 Å². The molecule has 0 unspecified atom stereocenters. The standard InChI is InChI=1S/C31H30N4O7/c1-3-41-26-12-8-20(9-13-26)16-22-6-5-7-28-29(22)32-33(30(28)21-10-14-27(15-11-21)42-4-2)31(36)23-17-24(34(37)38)19-25(18-23)35(39)40/h8-19,28,30H,3-7H2,1-2H3/b22-16-/t28-,30+/m1/s1. The van der Waals surface area contributed by atoms with E-state index in [1.165, 1.54) is 5.01 Å². The number of benzene rings is 3. The monoisotopic (exact) mass is 570 g/mol. The SMILES string of the molecule is CCOc1ccc(/C=C2/CCC[C@@H]3C2=NN(C(=O)c2cc([N+](=O)[O-])cc([N+](=O)[O-])c2)[C@H]3c2ccc(OCC)cc2)cc1. The summed E-state index contributed by atoms with van der Waals surface area (Å²) in [5, 5.41) is 29.2. The fraction of sp³-hybridized carbons (Fsp3) is 0.290. The minimum absolute atomic E-state index is 0.136. The smallest absolute Gasteiger partial charge is 0.277 e. The van der Waals surface area contributed by atoms with Crippen molar-refractivity contribution in [2.75, 3.05) is 13.2 Å². The molecule has 42 heavy (non-hydrogen) atoms. The van der Waals surface area contributed by atoms with Gasteiger partial charge in [0.15, 0.2) is 0 Å². The molecule has 2 atom stereocenters. The van der Waals surface area contributed by atoms with Gasteiger partial charge in [0.2, 0.25) is 0 Å². The van der Waals surface area contributed by atoms with E-state index in [2.05, 4.69) is 6.08 Å². The molecular weight excluding hydrogens is 540 g/mol. The average Bonchev–Trinajstić information content (AvgIpc) is 3.39. The molecule has 3 aromatic carbocycles. The van der Waals surface area contributed by atoms with E-state index in [1.807, 2.05) is 62.4 Å². The normalized spacial score (nSPS) is 18.8. The Balaban J connectivity index is 1.58. The Morgan fingerprint density at radius 2 is 1.50 bits per heavy atom. The van der Waals surface area contributed by atoms with Crippen molar-refractivity contribution in [2.24, 2.45) is 11.0 Å². The van der Waals surface area contributed by atoms with E-state index in [4.69, 9.17) is 14.6 Å². The molecule has 11 nitrogen and oxygen atoms in total. The van der Waals surface area contributed by atoms with E-state index >= 15 is 0 Å². The molecule has 3 aromatic rings. The highest BCUT2D eigenvalue weighted by Crippen LogP contribution is 2.45. The van der Waals surface area contributed by atoms with Crippen molar-refractivity contribution in [3.05, 3.63) is 109 Å². The second-order valence-electron chi connectivity index (χ2n) is 10.0. The third-order valence-corrected chi connectivity index (χ3v) is 7.35. The lowest BCUT2D eigenvalue weighted by Crippen LogP contribution is -2.32. The highest BCUT2D eigenvalue weighted by atomic mass is 16.6. The highest BCUT2D eigenvalue weighted by Gasteiger charge is 2.44. The molecule has 1 heterocycles. The van der Waals surface area contributed by atoms with Gasteiger partial charge in [-0.05, 0) is 80.2 Å². The lowest BCUT2D eigenvalue weighted by Gasteiger charge is -2.29. The van der Waals surface area contributed by atoms with Gasteiger partial charge >= 0.3 is 0 Å². The molecule has 1 aliphatic heterocycles. The number of hydrazone groups is 1. The highest BCUT2D eigenvalue weighted by molar-refractivity contribution is 6.09. The summed E-state index contributed by atoms with van der Waals surface area (Å²) < 4.78 is 11.2. The molecule has 1 saturated carbocycles. The topological polar surface area (TPSA) is 137 Å². The molecular formula is C31H30N4O7. The summed E-state index contributed by atoms with van der Waals surface area (Å²) in [7, 11) is 0. The molecule has 5 rings (SSSR count). The number of carbonyl (C=O) groups excluding carboxylic acids is 1. The second-order valence-corrected chi connectivity index (χ2v) is 10.0. The van der Waals surface area contributed by atoms with Crippen LogP contribution in [0.2, 0.25) is 0 Å². The first kappa shape index (κ1) is 28.5. The van der Waals surface area contributed by atoms with E-state index in [1.54, 1.807) is 0 Å². The number of hydrogen-bond acceptors (Lipinski definition) is 8. The predicted octanol–water partition coefficient (Wildman–Crippen LogP) is 6.74. The van der Waals surface area contributed by atoms with Gasteiger partial charge in [0.05, 0.1) is 46.4 Å².